The molecule has 0 aromatic carbocycles. The number of hydrogen-bond donors (Lipinski definition) is 1. The first kappa shape index (κ1) is 18.8. The summed E-state index contributed by atoms with van der Waals surface area (Å²) in [5.74, 6) is 0.495. The fourth-order valence-corrected chi connectivity index (χ4v) is 6.37. The molecule has 25 heavy (non-hydrogen) atoms. The van der Waals surface area contributed by atoms with Gasteiger partial charge in [-0.2, -0.15) is 4.31 Å². The van der Waals surface area contributed by atoms with E-state index in [1.165, 1.54) is 22.1 Å². The summed E-state index contributed by atoms with van der Waals surface area (Å²) < 4.78 is 32.2. The number of ether oxygens (including phenoxy) is 1. The summed E-state index contributed by atoms with van der Waals surface area (Å²) in [7, 11) is -3.47. The van der Waals surface area contributed by atoms with Crippen LogP contribution in [0.5, 0.6) is 0 Å². The van der Waals surface area contributed by atoms with Crippen LogP contribution in [0.1, 0.15) is 37.5 Å². The molecule has 6 nitrogen and oxygen atoms in total. The molecule has 0 bridgehead atoms. The van der Waals surface area contributed by atoms with E-state index in [9.17, 15) is 13.2 Å². The largest absolute Gasteiger partial charge is 0.379 e. The van der Waals surface area contributed by atoms with Crippen LogP contribution in [0.25, 0.3) is 0 Å². The molecule has 0 unspecified atom stereocenters. The first-order valence-electron chi connectivity index (χ1n) is 8.93. The average molecular weight is 387 g/mol. The van der Waals surface area contributed by atoms with Crippen LogP contribution >= 0.6 is 11.3 Å². The van der Waals surface area contributed by atoms with Crippen LogP contribution in [-0.2, 0) is 26.0 Å². The van der Waals surface area contributed by atoms with Gasteiger partial charge in [-0.25, -0.2) is 8.42 Å². The molecule has 1 aromatic rings. The lowest BCUT2D eigenvalue weighted by Gasteiger charge is -2.29. The van der Waals surface area contributed by atoms with E-state index < -0.39 is 10.0 Å². The molecule has 2 atom stereocenters. The Balaban J connectivity index is 1.60. The molecular weight excluding hydrogens is 360 g/mol. The van der Waals surface area contributed by atoms with Crippen molar-refractivity contribution in [2.24, 2.45) is 5.92 Å². The lowest BCUT2D eigenvalue weighted by Crippen LogP contribution is -2.41. The van der Waals surface area contributed by atoms with E-state index >= 15 is 0 Å². The second-order valence-electron chi connectivity index (χ2n) is 6.85. The Hall–Kier alpha value is -0.960. The zero-order chi connectivity index (χ0) is 17.9. The van der Waals surface area contributed by atoms with E-state index in [1.807, 2.05) is 0 Å². The van der Waals surface area contributed by atoms with Gasteiger partial charge < -0.3 is 10.1 Å². The fraction of sp³-hybridized carbons (Fsp3) is 0.706. The van der Waals surface area contributed by atoms with Crippen molar-refractivity contribution in [1.29, 1.82) is 0 Å². The van der Waals surface area contributed by atoms with Crippen molar-refractivity contribution in [2.75, 3.05) is 26.3 Å². The molecule has 2 aliphatic rings. The van der Waals surface area contributed by atoms with Gasteiger partial charge in [0.1, 0.15) is 4.21 Å². The molecule has 2 heterocycles. The van der Waals surface area contributed by atoms with Gasteiger partial charge in [-0.3, -0.25) is 4.79 Å². The quantitative estimate of drug-likeness (QED) is 0.840. The third kappa shape index (κ3) is 4.61. The molecule has 1 amide bonds. The zero-order valence-electron chi connectivity index (χ0n) is 14.6. The molecule has 140 valence electrons. The van der Waals surface area contributed by atoms with Gasteiger partial charge in [0, 0.05) is 24.0 Å². The Bertz CT molecular complexity index is 695. The number of amides is 1. The molecule has 0 radical (unpaired) electrons. The average Bonchev–Trinajstić information content (AvgIpc) is 3.07. The fourth-order valence-electron chi connectivity index (χ4n) is 3.45. The van der Waals surface area contributed by atoms with Gasteiger partial charge in [-0.05, 0) is 30.9 Å². The predicted octanol–water partition coefficient (Wildman–Crippen LogP) is 2.01. The second kappa shape index (κ2) is 8.16. The highest BCUT2D eigenvalue weighted by Crippen LogP contribution is 2.27. The Morgan fingerprint density at radius 1 is 1.28 bits per heavy atom. The number of nitrogens with zero attached hydrogens (tertiary/aromatic N) is 1. The summed E-state index contributed by atoms with van der Waals surface area (Å²) in [6, 6.07) is 3.61. The second-order valence-corrected chi connectivity index (χ2v) is 10.2. The van der Waals surface area contributed by atoms with Crippen molar-refractivity contribution in [3.05, 3.63) is 17.0 Å². The lowest BCUT2D eigenvalue weighted by atomic mass is 9.86. The summed E-state index contributed by atoms with van der Waals surface area (Å²) in [5.41, 5.74) is 0. The molecule has 8 heteroatoms. The van der Waals surface area contributed by atoms with E-state index in [1.54, 1.807) is 12.1 Å². The topological polar surface area (TPSA) is 75.7 Å². The summed E-state index contributed by atoms with van der Waals surface area (Å²) in [6.07, 6.45) is 4.84. The van der Waals surface area contributed by atoms with Crippen LogP contribution in [0.2, 0.25) is 0 Å². The van der Waals surface area contributed by atoms with Crippen LogP contribution in [-0.4, -0.2) is 51.0 Å². The SMILES string of the molecule is C[C@@H]1CCCC[C@H]1NC(=O)Cc1ccc(S(=O)(=O)N2CCOCC2)s1. The van der Waals surface area contributed by atoms with Gasteiger partial charge in [-0.15, -0.1) is 11.3 Å². The van der Waals surface area contributed by atoms with E-state index in [4.69, 9.17) is 4.74 Å². The highest BCUT2D eigenvalue weighted by molar-refractivity contribution is 7.91. The third-order valence-electron chi connectivity index (χ3n) is 4.99. The van der Waals surface area contributed by atoms with Crippen LogP contribution in [0.4, 0.5) is 0 Å². The molecular formula is C17H26N2O4S2. The number of thiophene rings is 1. The van der Waals surface area contributed by atoms with Gasteiger partial charge in [0.2, 0.25) is 5.91 Å². The van der Waals surface area contributed by atoms with Crippen LogP contribution in [0.15, 0.2) is 16.3 Å². The van der Waals surface area contributed by atoms with Gasteiger partial charge in [0.15, 0.2) is 0 Å². The Labute approximate surface area is 153 Å². The molecule has 3 rings (SSSR count). The molecule has 1 N–H and O–H groups in total. The molecule has 1 saturated carbocycles. The van der Waals surface area contributed by atoms with Crippen LogP contribution in [0, 0.1) is 5.92 Å². The standard InChI is InChI=1S/C17H26N2O4S2/c1-13-4-2-3-5-15(13)18-16(20)12-14-6-7-17(24-14)25(21,22)19-8-10-23-11-9-19/h6-7,13,15H,2-5,8-12H2,1H3,(H,18,20)/t13-,15-/m1/s1. The maximum atomic E-state index is 12.6. The molecule has 2 fully saturated rings. The number of carbonyl (C=O) groups is 1. The maximum absolute atomic E-state index is 12.6. The molecule has 1 aliphatic heterocycles. The van der Waals surface area contributed by atoms with Crippen molar-refractivity contribution < 1.29 is 17.9 Å². The van der Waals surface area contributed by atoms with Gasteiger partial charge in [0.25, 0.3) is 10.0 Å². The van der Waals surface area contributed by atoms with Crippen molar-refractivity contribution in [2.45, 2.75) is 49.3 Å². The lowest BCUT2D eigenvalue weighted by molar-refractivity contribution is -0.121. The van der Waals surface area contributed by atoms with E-state index in [-0.39, 0.29) is 18.4 Å². The molecule has 1 aliphatic carbocycles. The van der Waals surface area contributed by atoms with Crippen LogP contribution in [0.3, 0.4) is 0 Å². The van der Waals surface area contributed by atoms with Gasteiger partial charge in [-0.1, -0.05) is 19.8 Å². The summed E-state index contributed by atoms with van der Waals surface area (Å²) in [6.45, 7) is 3.81. The van der Waals surface area contributed by atoms with Crippen LogP contribution < -0.4 is 5.32 Å². The van der Waals surface area contributed by atoms with Crippen molar-refractivity contribution in [3.8, 4) is 0 Å². The summed E-state index contributed by atoms with van der Waals surface area (Å²) in [5, 5.41) is 3.12. The third-order valence-corrected chi connectivity index (χ3v) is 8.45. The predicted molar refractivity (Wildman–Crippen MR) is 97.2 cm³/mol. The minimum atomic E-state index is -3.47. The number of rotatable bonds is 5. The van der Waals surface area contributed by atoms with Gasteiger partial charge in [0.05, 0.1) is 19.6 Å². The number of sulfonamides is 1. The van der Waals surface area contributed by atoms with E-state index in [2.05, 4.69) is 12.2 Å². The first-order chi connectivity index (χ1) is 12.0. The number of hydrogen-bond acceptors (Lipinski definition) is 5. The van der Waals surface area contributed by atoms with E-state index in [0.29, 0.717) is 36.4 Å². The molecule has 0 spiro atoms. The number of carbonyl (C=O) groups excluding carboxylic acids is 1. The minimum Gasteiger partial charge on any atom is -0.379 e. The van der Waals surface area contributed by atoms with Crippen molar-refractivity contribution in [1.82, 2.24) is 9.62 Å². The first-order valence-corrected chi connectivity index (χ1v) is 11.2. The molecule has 1 saturated heterocycles. The summed E-state index contributed by atoms with van der Waals surface area (Å²) in [4.78, 5) is 13.1. The number of morpholine rings is 1. The van der Waals surface area contributed by atoms with Gasteiger partial charge >= 0.3 is 0 Å². The Kier molecular flexibility index (Phi) is 6.14. The minimum absolute atomic E-state index is 0.0177. The maximum Gasteiger partial charge on any atom is 0.252 e. The smallest absolute Gasteiger partial charge is 0.252 e. The van der Waals surface area contributed by atoms with Crippen molar-refractivity contribution >= 4 is 27.3 Å². The Morgan fingerprint density at radius 3 is 2.72 bits per heavy atom. The zero-order valence-corrected chi connectivity index (χ0v) is 16.2. The van der Waals surface area contributed by atoms with Crippen molar-refractivity contribution in [3.63, 3.8) is 0 Å². The summed E-state index contributed by atoms with van der Waals surface area (Å²) >= 11 is 1.19. The number of nitrogens with one attached hydrogen (secondary N) is 1. The highest BCUT2D eigenvalue weighted by atomic mass is 32.2. The molecule has 1 aromatic heterocycles. The Morgan fingerprint density at radius 2 is 2.00 bits per heavy atom. The monoisotopic (exact) mass is 386 g/mol. The van der Waals surface area contributed by atoms with E-state index in [0.717, 1.165) is 24.1 Å². The highest BCUT2D eigenvalue weighted by Gasteiger charge is 2.28. The normalized spacial score (nSPS) is 25.6.